The summed E-state index contributed by atoms with van der Waals surface area (Å²) in [7, 11) is 0. The van der Waals surface area contributed by atoms with Gasteiger partial charge in [0.25, 0.3) is 0 Å². The van der Waals surface area contributed by atoms with E-state index in [0.29, 0.717) is 6.42 Å². The first-order chi connectivity index (χ1) is 5.41. The van der Waals surface area contributed by atoms with Gasteiger partial charge in [-0.25, -0.2) is 4.39 Å². The van der Waals surface area contributed by atoms with E-state index in [0.717, 1.165) is 0 Å². The molecular weight excluding hydrogens is 172 g/mol. The Labute approximate surface area is 69.0 Å². The van der Waals surface area contributed by atoms with Gasteiger partial charge in [0.05, 0.1) is 5.92 Å². The number of hydrogen-bond acceptors (Lipinski definition) is 0. The molecule has 0 spiro atoms. The molecule has 2 unspecified atom stereocenters. The third kappa shape index (κ3) is 2.11. The standard InChI is InChI=1S/C8H11F4/c1-5-2-3-6(4-7(5)9)8(10,11)12/h5,7H,2-4H2,1H3. The number of alkyl halides is 4. The Kier molecular flexibility index (Phi) is 2.64. The fraction of sp³-hybridized carbons (Fsp3) is 0.875. The highest BCUT2D eigenvalue weighted by molar-refractivity contribution is 5.03. The summed E-state index contributed by atoms with van der Waals surface area (Å²) in [6, 6.07) is 0. The molecule has 12 heavy (non-hydrogen) atoms. The third-order valence-electron chi connectivity index (χ3n) is 2.36. The normalized spacial score (nSPS) is 33.8. The predicted molar refractivity (Wildman–Crippen MR) is 37.2 cm³/mol. The zero-order chi connectivity index (χ0) is 9.35. The Bertz CT molecular complexity index is 152. The zero-order valence-corrected chi connectivity index (χ0v) is 6.79. The molecule has 0 saturated heterocycles. The highest BCUT2D eigenvalue weighted by Gasteiger charge is 2.44. The van der Waals surface area contributed by atoms with Crippen LogP contribution < -0.4 is 0 Å². The van der Waals surface area contributed by atoms with Crippen molar-refractivity contribution >= 4 is 0 Å². The van der Waals surface area contributed by atoms with E-state index in [4.69, 9.17) is 0 Å². The Morgan fingerprint density at radius 2 is 1.92 bits per heavy atom. The molecule has 1 radical (unpaired) electrons. The molecule has 0 aromatic heterocycles. The van der Waals surface area contributed by atoms with Gasteiger partial charge < -0.3 is 0 Å². The van der Waals surface area contributed by atoms with Gasteiger partial charge in [-0.05, 0) is 25.2 Å². The third-order valence-corrected chi connectivity index (χ3v) is 2.36. The largest absolute Gasteiger partial charge is 0.395 e. The molecule has 1 aliphatic carbocycles. The highest BCUT2D eigenvalue weighted by atomic mass is 19.4. The first-order valence-corrected chi connectivity index (χ1v) is 3.97. The van der Waals surface area contributed by atoms with Gasteiger partial charge in [-0.2, -0.15) is 13.2 Å². The molecule has 0 amide bonds. The Morgan fingerprint density at radius 1 is 1.33 bits per heavy atom. The second kappa shape index (κ2) is 3.23. The lowest BCUT2D eigenvalue weighted by Crippen LogP contribution is -2.31. The van der Waals surface area contributed by atoms with Gasteiger partial charge in [0.15, 0.2) is 0 Å². The van der Waals surface area contributed by atoms with E-state index in [9.17, 15) is 17.6 Å². The van der Waals surface area contributed by atoms with Crippen LogP contribution in [0.25, 0.3) is 0 Å². The molecule has 0 bridgehead atoms. The van der Waals surface area contributed by atoms with E-state index in [1.54, 1.807) is 6.92 Å². The summed E-state index contributed by atoms with van der Waals surface area (Å²) in [5.74, 6) is -0.816. The summed E-state index contributed by atoms with van der Waals surface area (Å²) in [5.41, 5.74) is 0. The van der Waals surface area contributed by atoms with Crippen molar-refractivity contribution in [2.45, 2.75) is 38.5 Å². The quantitative estimate of drug-likeness (QED) is 0.505. The maximum absolute atomic E-state index is 12.8. The van der Waals surface area contributed by atoms with Crippen LogP contribution >= 0.6 is 0 Å². The van der Waals surface area contributed by atoms with Crippen molar-refractivity contribution in [1.29, 1.82) is 0 Å². The number of hydrogen-bond donors (Lipinski definition) is 0. The van der Waals surface area contributed by atoms with Gasteiger partial charge in [-0.3, -0.25) is 0 Å². The Balaban J connectivity index is 2.51. The molecule has 0 aromatic carbocycles. The molecular formula is C8H11F4. The summed E-state index contributed by atoms with van der Waals surface area (Å²) in [6.07, 6.45) is -5.70. The summed E-state index contributed by atoms with van der Waals surface area (Å²) >= 11 is 0. The van der Waals surface area contributed by atoms with Gasteiger partial charge >= 0.3 is 6.18 Å². The molecule has 1 fully saturated rings. The van der Waals surface area contributed by atoms with Crippen molar-refractivity contribution in [3.05, 3.63) is 5.92 Å². The van der Waals surface area contributed by atoms with E-state index in [2.05, 4.69) is 0 Å². The molecule has 1 rings (SSSR count). The topological polar surface area (TPSA) is 0 Å². The molecule has 0 aliphatic heterocycles. The molecule has 0 heterocycles. The predicted octanol–water partition coefficient (Wildman–Crippen LogP) is 3.28. The lowest BCUT2D eigenvalue weighted by molar-refractivity contribution is -0.126. The van der Waals surface area contributed by atoms with Crippen LogP contribution in [0.3, 0.4) is 0 Å². The van der Waals surface area contributed by atoms with E-state index < -0.39 is 24.7 Å². The minimum Gasteiger partial charge on any atom is -0.247 e. The van der Waals surface area contributed by atoms with Crippen molar-refractivity contribution < 1.29 is 17.6 Å². The molecule has 1 saturated carbocycles. The van der Waals surface area contributed by atoms with Crippen LogP contribution in [-0.2, 0) is 0 Å². The molecule has 2 atom stereocenters. The second-order valence-electron chi connectivity index (χ2n) is 3.34. The average Bonchev–Trinajstić information content (AvgIpc) is 1.92. The zero-order valence-electron chi connectivity index (χ0n) is 6.79. The molecule has 1 aliphatic rings. The van der Waals surface area contributed by atoms with E-state index in [-0.39, 0.29) is 12.3 Å². The second-order valence-corrected chi connectivity index (χ2v) is 3.34. The monoisotopic (exact) mass is 183 g/mol. The minimum absolute atomic E-state index is 0.00505. The summed E-state index contributed by atoms with van der Waals surface area (Å²) < 4.78 is 49.0. The van der Waals surface area contributed by atoms with Crippen LogP contribution in [0.1, 0.15) is 26.2 Å². The number of halogens is 4. The number of rotatable bonds is 0. The van der Waals surface area contributed by atoms with Gasteiger partial charge in [0, 0.05) is 0 Å². The molecule has 4 heteroatoms. The average molecular weight is 183 g/mol. The Hall–Kier alpha value is -0.280. The van der Waals surface area contributed by atoms with Crippen LogP contribution in [-0.4, -0.2) is 12.3 Å². The van der Waals surface area contributed by atoms with Gasteiger partial charge in [-0.1, -0.05) is 6.92 Å². The molecule has 0 aromatic rings. The fourth-order valence-electron chi connectivity index (χ4n) is 1.38. The summed E-state index contributed by atoms with van der Waals surface area (Å²) in [4.78, 5) is 0. The van der Waals surface area contributed by atoms with Crippen molar-refractivity contribution in [3.63, 3.8) is 0 Å². The van der Waals surface area contributed by atoms with Crippen LogP contribution in [0.2, 0.25) is 0 Å². The lowest BCUT2D eigenvalue weighted by Gasteiger charge is -2.30. The smallest absolute Gasteiger partial charge is 0.247 e. The first kappa shape index (κ1) is 9.81. The first-order valence-electron chi connectivity index (χ1n) is 3.97. The molecule has 71 valence electrons. The maximum Gasteiger partial charge on any atom is 0.395 e. The molecule has 0 N–H and O–H groups in total. The molecule has 0 nitrogen and oxygen atoms in total. The summed E-state index contributed by atoms with van der Waals surface area (Å²) in [5, 5.41) is 0. The van der Waals surface area contributed by atoms with E-state index in [1.165, 1.54) is 0 Å². The summed E-state index contributed by atoms with van der Waals surface area (Å²) in [6.45, 7) is 1.65. The maximum atomic E-state index is 12.8. The van der Waals surface area contributed by atoms with Crippen molar-refractivity contribution in [3.8, 4) is 0 Å². The van der Waals surface area contributed by atoms with Crippen LogP contribution in [0, 0.1) is 11.8 Å². The highest BCUT2D eigenvalue weighted by Crippen LogP contribution is 2.42. The van der Waals surface area contributed by atoms with Gasteiger partial charge in [-0.15, -0.1) is 0 Å². The van der Waals surface area contributed by atoms with Gasteiger partial charge in [0.1, 0.15) is 6.17 Å². The van der Waals surface area contributed by atoms with Crippen LogP contribution in [0.15, 0.2) is 0 Å². The minimum atomic E-state index is -4.29. The van der Waals surface area contributed by atoms with Crippen LogP contribution in [0.5, 0.6) is 0 Å². The van der Waals surface area contributed by atoms with Crippen molar-refractivity contribution in [1.82, 2.24) is 0 Å². The van der Waals surface area contributed by atoms with E-state index >= 15 is 0 Å². The fourth-order valence-corrected chi connectivity index (χ4v) is 1.38. The van der Waals surface area contributed by atoms with Gasteiger partial charge in [0.2, 0.25) is 0 Å². The SMILES string of the molecule is CC1CC[C](C(F)(F)F)CC1F. The Morgan fingerprint density at radius 3 is 2.33 bits per heavy atom. The van der Waals surface area contributed by atoms with E-state index in [1.807, 2.05) is 0 Å². The van der Waals surface area contributed by atoms with Crippen molar-refractivity contribution in [2.75, 3.05) is 0 Å². The van der Waals surface area contributed by atoms with Crippen LogP contribution in [0.4, 0.5) is 17.6 Å². The lowest BCUT2D eigenvalue weighted by atomic mass is 9.81. The van der Waals surface area contributed by atoms with Crippen molar-refractivity contribution in [2.24, 2.45) is 5.92 Å².